The first-order valence-corrected chi connectivity index (χ1v) is 4.55. The summed E-state index contributed by atoms with van der Waals surface area (Å²) in [4.78, 5) is 6.90. The van der Waals surface area contributed by atoms with Crippen LogP contribution < -0.4 is 0 Å². The van der Waals surface area contributed by atoms with Crippen LogP contribution in [0.4, 0.5) is 13.2 Å². The minimum atomic E-state index is -4.58. The second kappa shape index (κ2) is 4.37. The van der Waals surface area contributed by atoms with E-state index in [9.17, 15) is 13.2 Å². The van der Waals surface area contributed by atoms with Crippen molar-refractivity contribution < 1.29 is 13.2 Å². The number of alkyl halides is 3. The van der Waals surface area contributed by atoms with E-state index >= 15 is 0 Å². The summed E-state index contributed by atoms with van der Waals surface area (Å²) in [5.74, 6) is -0.0425. The third kappa shape index (κ3) is 2.82. The van der Waals surface area contributed by atoms with Gasteiger partial charge in [-0.3, -0.25) is 0 Å². The molecule has 1 heterocycles. The van der Waals surface area contributed by atoms with Crippen molar-refractivity contribution in [3.63, 3.8) is 0 Å². The monoisotopic (exact) mass is 256 g/mol. The lowest BCUT2D eigenvalue weighted by atomic mass is 10.2. The lowest BCUT2D eigenvalue weighted by Crippen LogP contribution is -2.12. The molecule has 1 rings (SSSR count). The average molecular weight is 257 g/mol. The summed E-state index contributed by atoms with van der Waals surface area (Å²) in [5.41, 5.74) is -0.489. The van der Waals surface area contributed by atoms with Crippen molar-refractivity contribution in [3.05, 3.63) is 27.8 Å². The van der Waals surface area contributed by atoms with Gasteiger partial charge in [0.15, 0.2) is 5.69 Å². The van der Waals surface area contributed by atoms with Crippen molar-refractivity contribution in [2.24, 2.45) is 0 Å². The van der Waals surface area contributed by atoms with Gasteiger partial charge in [0.2, 0.25) is 0 Å². The molecular formula is C8H5Cl2F3N2. The predicted octanol–water partition coefficient (Wildman–Crippen LogP) is 3.67. The van der Waals surface area contributed by atoms with Crippen LogP contribution in [-0.2, 0) is 6.18 Å². The van der Waals surface area contributed by atoms with E-state index in [2.05, 4.69) is 9.97 Å². The van der Waals surface area contributed by atoms with Gasteiger partial charge in [0.05, 0.1) is 0 Å². The van der Waals surface area contributed by atoms with Gasteiger partial charge < -0.3 is 0 Å². The van der Waals surface area contributed by atoms with E-state index in [1.807, 2.05) is 0 Å². The maximum Gasteiger partial charge on any atom is 0.434 e. The highest BCUT2D eigenvalue weighted by Crippen LogP contribution is 2.33. The Balaban J connectivity index is 3.47. The standard InChI is InChI=1S/C8H5Cl2F3N2/c1-4-14-6(8(11,12)13)5(2-3-9)7(10)15-4/h2-3H,1H3. The molecule has 0 radical (unpaired) electrons. The molecule has 0 aromatic carbocycles. The molecular weight excluding hydrogens is 252 g/mol. The number of aromatic nitrogens is 2. The first-order valence-electron chi connectivity index (χ1n) is 3.74. The quantitative estimate of drug-likeness (QED) is 0.717. The average Bonchev–Trinajstić information content (AvgIpc) is 2.07. The molecule has 0 saturated carbocycles. The third-order valence-electron chi connectivity index (χ3n) is 1.51. The first-order chi connectivity index (χ1) is 6.86. The Labute approximate surface area is 93.7 Å². The van der Waals surface area contributed by atoms with E-state index in [0.29, 0.717) is 0 Å². The number of halogens is 5. The van der Waals surface area contributed by atoms with Crippen LogP contribution in [0.25, 0.3) is 6.08 Å². The fraction of sp³-hybridized carbons (Fsp3) is 0.250. The van der Waals surface area contributed by atoms with E-state index in [1.54, 1.807) is 0 Å². The Kier molecular flexibility index (Phi) is 3.57. The molecule has 0 atom stereocenters. The van der Waals surface area contributed by atoms with Crippen LogP contribution in [-0.4, -0.2) is 9.97 Å². The van der Waals surface area contributed by atoms with Crippen molar-refractivity contribution in [2.45, 2.75) is 13.1 Å². The van der Waals surface area contributed by atoms with Gasteiger partial charge in [-0.05, 0) is 13.0 Å². The summed E-state index contributed by atoms with van der Waals surface area (Å²) in [6.45, 7) is 1.33. The van der Waals surface area contributed by atoms with Gasteiger partial charge in [0, 0.05) is 11.1 Å². The summed E-state index contributed by atoms with van der Waals surface area (Å²) in [6, 6.07) is 0. The molecule has 2 nitrogen and oxygen atoms in total. The zero-order valence-corrected chi connectivity index (χ0v) is 8.95. The van der Waals surface area contributed by atoms with Crippen molar-refractivity contribution in [1.82, 2.24) is 9.97 Å². The molecule has 0 aliphatic rings. The smallest absolute Gasteiger partial charge is 0.228 e. The Hall–Kier alpha value is -0.810. The number of nitrogens with zero attached hydrogens (tertiary/aromatic N) is 2. The molecule has 0 saturated heterocycles. The molecule has 0 amide bonds. The highest BCUT2D eigenvalue weighted by atomic mass is 35.5. The van der Waals surface area contributed by atoms with Crippen LogP contribution in [0.15, 0.2) is 5.54 Å². The summed E-state index contributed by atoms with van der Waals surface area (Å²) in [6.07, 6.45) is -3.57. The fourth-order valence-electron chi connectivity index (χ4n) is 0.974. The molecule has 0 N–H and O–H groups in total. The Morgan fingerprint density at radius 1 is 1.27 bits per heavy atom. The number of hydrogen-bond donors (Lipinski definition) is 0. The largest absolute Gasteiger partial charge is 0.434 e. The van der Waals surface area contributed by atoms with Gasteiger partial charge in [-0.25, -0.2) is 9.97 Å². The maximum atomic E-state index is 12.5. The van der Waals surface area contributed by atoms with Gasteiger partial charge in [-0.1, -0.05) is 23.2 Å². The van der Waals surface area contributed by atoms with E-state index in [1.165, 1.54) is 6.92 Å². The normalized spacial score (nSPS) is 12.4. The summed E-state index contributed by atoms with van der Waals surface area (Å²) < 4.78 is 37.5. The van der Waals surface area contributed by atoms with Crippen molar-refractivity contribution in [2.75, 3.05) is 0 Å². The fourth-order valence-corrected chi connectivity index (χ4v) is 1.37. The first kappa shape index (κ1) is 12.3. The van der Waals surface area contributed by atoms with Crippen molar-refractivity contribution in [3.8, 4) is 0 Å². The van der Waals surface area contributed by atoms with Gasteiger partial charge in [-0.2, -0.15) is 13.2 Å². The van der Waals surface area contributed by atoms with Crippen molar-refractivity contribution >= 4 is 29.3 Å². The molecule has 82 valence electrons. The molecule has 0 fully saturated rings. The summed E-state index contributed by atoms with van der Waals surface area (Å²) >= 11 is 10.8. The van der Waals surface area contributed by atoms with Gasteiger partial charge in [0.1, 0.15) is 11.0 Å². The van der Waals surface area contributed by atoms with Crippen LogP contribution in [0.3, 0.4) is 0 Å². The van der Waals surface area contributed by atoms with Crippen LogP contribution in [0.2, 0.25) is 5.15 Å². The van der Waals surface area contributed by atoms with Crippen LogP contribution in [0.5, 0.6) is 0 Å². The molecule has 1 aromatic rings. The topological polar surface area (TPSA) is 25.8 Å². The SMILES string of the molecule is Cc1nc(Cl)c(C=CCl)c(C(F)(F)F)n1. The van der Waals surface area contributed by atoms with E-state index < -0.39 is 11.9 Å². The van der Waals surface area contributed by atoms with Crippen LogP contribution >= 0.6 is 23.2 Å². The Bertz CT molecular complexity index is 402. The van der Waals surface area contributed by atoms with Gasteiger partial charge in [0.25, 0.3) is 0 Å². The number of rotatable bonds is 1. The summed E-state index contributed by atoms with van der Waals surface area (Å²) in [7, 11) is 0. The third-order valence-corrected chi connectivity index (χ3v) is 1.92. The lowest BCUT2D eigenvalue weighted by molar-refractivity contribution is -0.141. The van der Waals surface area contributed by atoms with Crippen LogP contribution in [0, 0.1) is 6.92 Å². The zero-order valence-electron chi connectivity index (χ0n) is 7.44. The minimum Gasteiger partial charge on any atom is -0.228 e. The molecule has 0 unspecified atom stereocenters. The Morgan fingerprint density at radius 3 is 2.33 bits per heavy atom. The van der Waals surface area contributed by atoms with Crippen molar-refractivity contribution in [1.29, 1.82) is 0 Å². The van der Waals surface area contributed by atoms with Gasteiger partial charge in [-0.15, -0.1) is 0 Å². The highest BCUT2D eigenvalue weighted by Gasteiger charge is 2.36. The zero-order chi connectivity index (χ0) is 11.6. The molecule has 0 aliphatic carbocycles. The van der Waals surface area contributed by atoms with Crippen LogP contribution in [0.1, 0.15) is 17.1 Å². The number of aryl methyl sites for hydroxylation is 1. The minimum absolute atomic E-state index is 0.0425. The highest BCUT2D eigenvalue weighted by molar-refractivity contribution is 6.32. The molecule has 0 bridgehead atoms. The van der Waals surface area contributed by atoms with E-state index in [0.717, 1.165) is 11.6 Å². The van der Waals surface area contributed by atoms with E-state index in [-0.39, 0.29) is 16.5 Å². The molecule has 1 aromatic heterocycles. The van der Waals surface area contributed by atoms with Gasteiger partial charge >= 0.3 is 6.18 Å². The van der Waals surface area contributed by atoms with E-state index in [4.69, 9.17) is 23.2 Å². The molecule has 15 heavy (non-hydrogen) atoms. The Morgan fingerprint density at radius 2 is 1.87 bits per heavy atom. The maximum absolute atomic E-state index is 12.5. The second-order valence-corrected chi connectivity index (χ2v) is 3.22. The number of hydrogen-bond acceptors (Lipinski definition) is 2. The molecule has 0 spiro atoms. The molecule has 0 aliphatic heterocycles. The molecule has 7 heteroatoms. The summed E-state index contributed by atoms with van der Waals surface area (Å²) in [5, 5.41) is -0.272. The second-order valence-electron chi connectivity index (χ2n) is 2.61. The lowest BCUT2D eigenvalue weighted by Gasteiger charge is -2.10. The predicted molar refractivity (Wildman–Crippen MR) is 51.7 cm³/mol.